The third-order valence-corrected chi connectivity index (χ3v) is 2.06. The Morgan fingerprint density at radius 1 is 1.09 bits per heavy atom. The second-order valence-electron chi connectivity index (χ2n) is 3.07. The van der Waals surface area contributed by atoms with E-state index in [0.29, 0.717) is 12.2 Å². The van der Waals surface area contributed by atoms with Crippen molar-refractivity contribution >= 4 is 0 Å². The average molecular weight is 158 g/mol. The second kappa shape index (κ2) is 4.70. The first-order valence-corrected chi connectivity index (χ1v) is 4.31. The Bertz CT molecular complexity index is 96.3. The summed E-state index contributed by atoms with van der Waals surface area (Å²) in [4.78, 5) is 0. The van der Waals surface area contributed by atoms with Gasteiger partial charge >= 0.3 is 0 Å². The van der Waals surface area contributed by atoms with E-state index in [-0.39, 0.29) is 0 Å². The fourth-order valence-corrected chi connectivity index (χ4v) is 1.54. The third-order valence-electron chi connectivity index (χ3n) is 2.06. The van der Waals surface area contributed by atoms with Crippen LogP contribution in [0.25, 0.3) is 0 Å². The number of hydrogen-bond donors (Lipinski definition) is 2. The molecule has 0 aromatic rings. The Balaban J connectivity index is 2.12. The van der Waals surface area contributed by atoms with Crippen molar-refractivity contribution in [1.82, 2.24) is 10.6 Å². The van der Waals surface area contributed by atoms with Crippen LogP contribution in [0, 0.1) is 0 Å². The first-order chi connectivity index (χ1) is 5.36. The lowest BCUT2D eigenvalue weighted by atomic mass is 10.2. The van der Waals surface area contributed by atoms with Gasteiger partial charge in [0.05, 0.1) is 12.2 Å². The first-order valence-electron chi connectivity index (χ1n) is 4.31. The molecule has 1 aliphatic rings. The Morgan fingerprint density at radius 2 is 1.55 bits per heavy atom. The molecule has 0 unspecified atom stereocenters. The topological polar surface area (TPSA) is 33.3 Å². The maximum Gasteiger partial charge on any atom is 0.0704 e. The Labute approximate surface area is 68.5 Å². The van der Waals surface area contributed by atoms with Gasteiger partial charge in [-0.1, -0.05) is 0 Å². The number of rotatable bonds is 4. The molecule has 2 N–H and O–H groups in total. The van der Waals surface area contributed by atoms with E-state index in [0.717, 1.165) is 13.1 Å². The highest BCUT2D eigenvalue weighted by molar-refractivity contribution is 4.75. The van der Waals surface area contributed by atoms with Gasteiger partial charge in [0.15, 0.2) is 0 Å². The maximum absolute atomic E-state index is 5.72. The smallest absolute Gasteiger partial charge is 0.0704 e. The Kier molecular flexibility index (Phi) is 3.83. The first kappa shape index (κ1) is 8.97. The van der Waals surface area contributed by atoms with E-state index in [9.17, 15) is 0 Å². The monoisotopic (exact) mass is 158 g/mol. The highest BCUT2D eigenvalue weighted by Gasteiger charge is 2.23. The molecule has 0 aromatic heterocycles. The lowest BCUT2D eigenvalue weighted by molar-refractivity contribution is 0.0479. The average Bonchev–Trinajstić information content (AvgIpc) is 2.38. The molecule has 66 valence electrons. The van der Waals surface area contributed by atoms with E-state index in [2.05, 4.69) is 10.6 Å². The summed E-state index contributed by atoms with van der Waals surface area (Å²) < 4.78 is 5.72. The van der Waals surface area contributed by atoms with E-state index in [1.165, 1.54) is 12.8 Å². The molecule has 3 nitrogen and oxygen atoms in total. The molecule has 0 saturated carbocycles. The molecule has 0 bridgehead atoms. The number of hydrogen-bond acceptors (Lipinski definition) is 3. The van der Waals surface area contributed by atoms with Gasteiger partial charge in [0.2, 0.25) is 0 Å². The zero-order valence-corrected chi connectivity index (χ0v) is 7.39. The van der Waals surface area contributed by atoms with Crippen molar-refractivity contribution in [1.29, 1.82) is 0 Å². The van der Waals surface area contributed by atoms with Crippen molar-refractivity contribution in [2.45, 2.75) is 25.0 Å². The summed E-state index contributed by atoms with van der Waals surface area (Å²) in [5.41, 5.74) is 0. The molecule has 0 radical (unpaired) electrons. The fraction of sp³-hybridized carbons (Fsp3) is 1.00. The summed E-state index contributed by atoms with van der Waals surface area (Å²) in [5, 5.41) is 6.25. The van der Waals surface area contributed by atoms with Crippen LogP contribution in [-0.2, 0) is 4.74 Å². The van der Waals surface area contributed by atoms with Gasteiger partial charge in [-0.25, -0.2) is 0 Å². The van der Waals surface area contributed by atoms with E-state index >= 15 is 0 Å². The van der Waals surface area contributed by atoms with Crippen molar-refractivity contribution in [3.63, 3.8) is 0 Å². The SMILES string of the molecule is CNC[C@@H]1CC[C@@H](CNC)O1. The lowest BCUT2D eigenvalue weighted by Gasteiger charge is -2.12. The summed E-state index contributed by atoms with van der Waals surface area (Å²) in [6.07, 6.45) is 3.29. The van der Waals surface area contributed by atoms with Gasteiger partial charge in [0.25, 0.3) is 0 Å². The normalized spacial score (nSPS) is 31.1. The van der Waals surface area contributed by atoms with Crippen molar-refractivity contribution < 1.29 is 4.74 Å². The van der Waals surface area contributed by atoms with Crippen LogP contribution in [0.3, 0.4) is 0 Å². The highest BCUT2D eigenvalue weighted by Crippen LogP contribution is 2.18. The predicted molar refractivity (Wildman–Crippen MR) is 45.7 cm³/mol. The molecular formula is C8H18N2O. The Hall–Kier alpha value is -0.120. The van der Waals surface area contributed by atoms with Crippen LogP contribution in [-0.4, -0.2) is 39.4 Å². The van der Waals surface area contributed by atoms with Crippen LogP contribution >= 0.6 is 0 Å². The van der Waals surface area contributed by atoms with E-state index < -0.39 is 0 Å². The lowest BCUT2D eigenvalue weighted by Crippen LogP contribution is -2.27. The molecule has 1 rings (SSSR count). The van der Waals surface area contributed by atoms with Crippen molar-refractivity contribution in [2.24, 2.45) is 0 Å². The van der Waals surface area contributed by atoms with E-state index in [1.807, 2.05) is 14.1 Å². The van der Waals surface area contributed by atoms with Crippen molar-refractivity contribution in [3.05, 3.63) is 0 Å². The van der Waals surface area contributed by atoms with Crippen LogP contribution in [0.4, 0.5) is 0 Å². The minimum Gasteiger partial charge on any atom is -0.372 e. The molecule has 0 aromatic carbocycles. The van der Waals surface area contributed by atoms with Crippen molar-refractivity contribution in [2.75, 3.05) is 27.2 Å². The number of ether oxygens (including phenoxy) is 1. The molecule has 2 atom stereocenters. The van der Waals surface area contributed by atoms with Gasteiger partial charge < -0.3 is 15.4 Å². The Morgan fingerprint density at radius 3 is 1.91 bits per heavy atom. The molecule has 0 spiro atoms. The quantitative estimate of drug-likeness (QED) is 0.603. The minimum absolute atomic E-state index is 0.443. The van der Waals surface area contributed by atoms with Gasteiger partial charge in [-0.15, -0.1) is 0 Å². The number of nitrogens with one attached hydrogen (secondary N) is 2. The molecule has 1 heterocycles. The van der Waals surface area contributed by atoms with Crippen LogP contribution < -0.4 is 10.6 Å². The summed E-state index contributed by atoms with van der Waals surface area (Å²) in [6.45, 7) is 1.97. The zero-order chi connectivity index (χ0) is 8.10. The summed E-state index contributed by atoms with van der Waals surface area (Å²) in [6, 6.07) is 0. The molecule has 1 fully saturated rings. The van der Waals surface area contributed by atoms with Gasteiger partial charge in [-0.05, 0) is 26.9 Å². The minimum atomic E-state index is 0.443. The molecular weight excluding hydrogens is 140 g/mol. The molecule has 3 heteroatoms. The standard InChI is InChI=1S/C8H18N2O/c1-9-5-7-3-4-8(11-7)6-10-2/h7-10H,3-6H2,1-2H3/t7-,8-/m0/s1. The van der Waals surface area contributed by atoms with Crippen molar-refractivity contribution in [3.8, 4) is 0 Å². The molecule has 0 aliphatic carbocycles. The number of likely N-dealkylation sites (N-methyl/N-ethyl adjacent to an activating group) is 2. The van der Waals surface area contributed by atoms with Crippen LogP contribution in [0.1, 0.15) is 12.8 Å². The molecule has 11 heavy (non-hydrogen) atoms. The maximum atomic E-state index is 5.72. The third kappa shape index (κ3) is 2.77. The van der Waals surface area contributed by atoms with Gasteiger partial charge in [0, 0.05) is 13.1 Å². The van der Waals surface area contributed by atoms with Crippen LogP contribution in [0.15, 0.2) is 0 Å². The highest BCUT2D eigenvalue weighted by atomic mass is 16.5. The summed E-state index contributed by atoms with van der Waals surface area (Å²) >= 11 is 0. The largest absolute Gasteiger partial charge is 0.372 e. The molecule has 0 amide bonds. The van der Waals surface area contributed by atoms with Gasteiger partial charge in [0.1, 0.15) is 0 Å². The second-order valence-corrected chi connectivity index (χ2v) is 3.07. The molecule has 1 saturated heterocycles. The van der Waals surface area contributed by atoms with Gasteiger partial charge in [-0.2, -0.15) is 0 Å². The fourth-order valence-electron chi connectivity index (χ4n) is 1.54. The summed E-state index contributed by atoms with van der Waals surface area (Å²) in [5.74, 6) is 0. The zero-order valence-electron chi connectivity index (χ0n) is 7.39. The van der Waals surface area contributed by atoms with Gasteiger partial charge in [-0.3, -0.25) is 0 Å². The van der Waals surface area contributed by atoms with E-state index in [1.54, 1.807) is 0 Å². The van der Waals surface area contributed by atoms with Crippen LogP contribution in [0.2, 0.25) is 0 Å². The summed E-state index contributed by atoms with van der Waals surface area (Å²) in [7, 11) is 3.93. The molecule has 1 aliphatic heterocycles. The van der Waals surface area contributed by atoms with Crippen LogP contribution in [0.5, 0.6) is 0 Å². The van der Waals surface area contributed by atoms with E-state index in [4.69, 9.17) is 4.74 Å². The predicted octanol–water partition coefficient (Wildman–Crippen LogP) is -0.0272.